The normalized spacial score (nSPS) is 12.5. The highest BCUT2D eigenvalue weighted by atomic mass is 32.2. The summed E-state index contributed by atoms with van der Waals surface area (Å²) < 4.78 is 31.7. The molecule has 2 aromatic carbocycles. The third-order valence-electron chi connectivity index (χ3n) is 5.01. The lowest BCUT2D eigenvalue weighted by molar-refractivity contribution is -0.123. The molecule has 0 spiro atoms. The van der Waals surface area contributed by atoms with E-state index in [4.69, 9.17) is 4.74 Å². The van der Waals surface area contributed by atoms with Gasteiger partial charge in [0.05, 0.1) is 10.5 Å². The second-order valence-corrected chi connectivity index (χ2v) is 9.36. The Labute approximate surface area is 184 Å². The van der Waals surface area contributed by atoms with Crippen LogP contribution in [0.1, 0.15) is 47.8 Å². The molecule has 7 nitrogen and oxygen atoms in total. The zero-order valence-corrected chi connectivity index (χ0v) is 19.7. The van der Waals surface area contributed by atoms with E-state index in [0.29, 0.717) is 18.8 Å². The van der Waals surface area contributed by atoms with E-state index in [1.807, 2.05) is 32.9 Å². The Morgan fingerprint density at radius 1 is 1.00 bits per heavy atom. The molecular weight excluding hydrogens is 416 g/mol. The van der Waals surface area contributed by atoms with Crippen LogP contribution in [0.15, 0.2) is 41.3 Å². The lowest BCUT2D eigenvalue weighted by Gasteiger charge is -2.19. The average molecular weight is 447 g/mol. The number of nitrogens with zero attached hydrogens (tertiary/aromatic N) is 1. The van der Waals surface area contributed by atoms with Crippen LogP contribution in [0, 0.1) is 20.8 Å². The van der Waals surface area contributed by atoms with Crippen molar-refractivity contribution in [2.24, 2.45) is 0 Å². The summed E-state index contributed by atoms with van der Waals surface area (Å²) in [6, 6.07) is 9.44. The summed E-state index contributed by atoms with van der Waals surface area (Å²) in [5.74, 6) is -1.14. The lowest BCUT2D eigenvalue weighted by Crippen LogP contribution is -2.31. The van der Waals surface area contributed by atoms with Gasteiger partial charge in [-0.3, -0.25) is 4.79 Å². The van der Waals surface area contributed by atoms with Crippen LogP contribution in [0.5, 0.6) is 0 Å². The molecule has 0 radical (unpaired) electrons. The largest absolute Gasteiger partial charge is 0.449 e. The molecule has 2 aromatic rings. The number of ether oxygens (including phenoxy) is 1. The number of nitrogens with one attached hydrogen (secondary N) is 1. The smallest absolute Gasteiger partial charge is 0.338 e. The van der Waals surface area contributed by atoms with Crippen molar-refractivity contribution in [3.05, 3.63) is 58.7 Å². The Morgan fingerprint density at radius 3 is 2.00 bits per heavy atom. The van der Waals surface area contributed by atoms with Gasteiger partial charge in [0.1, 0.15) is 0 Å². The van der Waals surface area contributed by atoms with Crippen LogP contribution in [0.2, 0.25) is 0 Å². The number of anilines is 1. The molecule has 1 atom stereocenters. The first kappa shape index (κ1) is 24.6. The van der Waals surface area contributed by atoms with Crippen LogP contribution in [0.4, 0.5) is 5.69 Å². The van der Waals surface area contributed by atoms with E-state index in [1.165, 1.54) is 35.5 Å². The number of aryl methyl sites for hydroxylation is 3. The summed E-state index contributed by atoms with van der Waals surface area (Å²) in [5, 5.41) is 2.82. The second-order valence-electron chi connectivity index (χ2n) is 7.42. The highest BCUT2D eigenvalue weighted by Gasteiger charge is 2.23. The maximum absolute atomic E-state index is 12.5. The van der Waals surface area contributed by atoms with E-state index in [1.54, 1.807) is 13.8 Å². The maximum Gasteiger partial charge on any atom is 0.338 e. The molecule has 1 amide bonds. The van der Waals surface area contributed by atoms with Crippen molar-refractivity contribution in [2.45, 2.75) is 52.5 Å². The van der Waals surface area contributed by atoms with Gasteiger partial charge in [0, 0.05) is 18.8 Å². The highest BCUT2D eigenvalue weighted by Crippen LogP contribution is 2.22. The van der Waals surface area contributed by atoms with E-state index < -0.39 is 28.0 Å². The van der Waals surface area contributed by atoms with Crippen molar-refractivity contribution in [1.29, 1.82) is 0 Å². The number of carbonyl (C=O) groups excluding carboxylic acids is 2. The Hall–Kier alpha value is -2.71. The molecule has 0 heterocycles. The Morgan fingerprint density at radius 2 is 1.52 bits per heavy atom. The average Bonchev–Trinajstić information content (AvgIpc) is 2.71. The fourth-order valence-electron chi connectivity index (χ4n) is 3.36. The topological polar surface area (TPSA) is 92.8 Å². The van der Waals surface area contributed by atoms with Crippen LogP contribution in [-0.4, -0.2) is 43.8 Å². The van der Waals surface area contributed by atoms with E-state index in [9.17, 15) is 18.0 Å². The summed E-state index contributed by atoms with van der Waals surface area (Å²) in [6.45, 7) is 11.5. The van der Waals surface area contributed by atoms with E-state index in [-0.39, 0.29) is 10.5 Å². The molecule has 0 unspecified atom stereocenters. The summed E-state index contributed by atoms with van der Waals surface area (Å²) in [6.07, 6.45) is -1.02. The molecule has 8 heteroatoms. The number of rotatable bonds is 8. The number of benzene rings is 2. The van der Waals surface area contributed by atoms with Gasteiger partial charge in [-0.25, -0.2) is 13.2 Å². The highest BCUT2D eigenvalue weighted by molar-refractivity contribution is 7.89. The number of amides is 1. The molecule has 0 bridgehead atoms. The van der Waals surface area contributed by atoms with Crippen molar-refractivity contribution >= 4 is 27.6 Å². The molecule has 1 N–H and O–H groups in total. The van der Waals surface area contributed by atoms with Crippen molar-refractivity contribution in [2.75, 3.05) is 18.4 Å². The van der Waals surface area contributed by atoms with Gasteiger partial charge in [-0.15, -0.1) is 0 Å². The Kier molecular flexibility index (Phi) is 7.97. The summed E-state index contributed by atoms with van der Waals surface area (Å²) in [4.78, 5) is 25.1. The second kappa shape index (κ2) is 10.1. The minimum Gasteiger partial charge on any atom is -0.449 e. The molecule has 168 valence electrons. The molecule has 0 aliphatic carbocycles. The summed E-state index contributed by atoms with van der Waals surface area (Å²) >= 11 is 0. The fraction of sp³-hybridized carbons (Fsp3) is 0.391. The number of sulfonamides is 1. The summed E-state index contributed by atoms with van der Waals surface area (Å²) in [5.41, 5.74) is 3.81. The van der Waals surface area contributed by atoms with Gasteiger partial charge in [0.2, 0.25) is 10.0 Å². The van der Waals surface area contributed by atoms with Gasteiger partial charge >= 0.3 is 5.97 Å². The van der Waals surface area contributed by atoms with Crippen LogP contribution in [0.25, 0.3) is 0 Å². The van der Waals surface area contributed by atoms with Crippen molar-refractivity contribution in [1.82, 2.24) is 4.31 Å². The van der Waals surface area contributed by atoms with Crippen LogP contribution in [-0.2, 0) is 19.6 Å². The maximum atomic E-state index is 12.5. The van der Waals surface area contributed by atoms with Gasteiger partial charge in [-0.2, -0.15) is 4.31 Å². The third-order valence-corrected chi connectivity index (χ3v) is 7.08. The minimum absolute atomic E-state index is 0.101. The molecular formula is C23H30N2O5S. The number of hydrogen-bond acceptors (Lipinski definition) is 5. The van der Waals surface area contributed by atoms with E-state index in [0.717, 1.165) is 16.7 Å². The van der Waals surface area contributed by atoms with Crippen molar-refractivity contribution < 1.29 is 22.7 Å². The quantitative estimate of drug-likeness (QED) is 0.622. The first-order chi connectivity index (χ1) is 14.5. The molecule has 0 saturated carbocycles. The lowest BCUT2D eigenvalue weighted by atomic mass is 10.0. The minimum atomic E-state index is -3.61. The Bertz CT molecular complexity index is 1030. The van der Waals surface area contributed by atoms with Gasteiger partial charge in [-0.1, -0.05) is 31.5 Å². The zero-order valence-electron chi connectivity index (χ0n) is 18.9. The Balaban J connectivity index is 2.08. The predicted octanol–water partition coefficient (Wildman–Crippen LogP) is 3.83. The summed E-state index contributed by atoms with van der Waals surface area (Å²) in [7, 11) is -3.61. The van der Waals surface area contributed by atoms with Gasteiger partial charge in [0.25, 0.3) is 5.91 Å². The van der Waals surface area contributed by atoms with E-state index >= 15 is 0 Å². The predicted molar refractivity (Wildman–Crippen MR) is 121 cm³/mol. The molecule has 0 fully saturated rings. The van der Waals surface area contributed by atoms with Crippen LogP contribution >= 0.6 is 0 Å². The van der Waals surface area contributed by atoms with E-state index in [2.05, 4.69) is 5.32 Å². The van der Waals surface area contributed by atoms with Crippen molar-refractivity contribution in [3.8, 4) is 0 Å². The monoisotopic (exact) mass is 446 g/mol. The number of hydrogen-bond donors (Lipinski definition) is 1. The fourth-order valence-corrected chi connectivity index (χ4v) is 4.82. The van der Waals surface area contributed by atoms with Gasteiger partial charge < -0.3 is 10.1 Å². The molecule has 31 heavy (non-hydrogen) atoms. The third kappa shape index (κ3) is 5.71. The van der Waals surface area contributed by atoms with Gasteiger partial charge in [-0.05, 0) is 63.1 Å². The van der Waals surface area contributed by atoms with Crippen molar-refractivity contribution in [3.63, 3.8) is 0 Å². The molecule has 0 aliphatic rings. The standard InChI is InChI=1S/C23H30N2O5S/c1-7-25(8-2)31(28,29)20-11-9-19(10-12-20)23(27)30-18(6)22(26)24-21-16(4)13-15(3)14-17(21)5/h9-14,18H,7-8H2,1-6H3,(H,24,26)/t18-/m1/s1. The van der Waals surface area contributed by atoms with Crippen LogP contribution in [0.3, 0.4) is 0 Å². The molecule has 2 rings (SSSR count). The van der Waals surface area contributed by atoms with Gasteiger partial charge in [0.15, 0.2) is 6.10 Å². The molecule has 0 aromatic heterocycles. The molecule has 0 saturated heterocycles. The first-order valence-electron chi connectivity index (χ1n) is 10.2. The molecule has 0 aliphatic heterocycles. The van der Waals surface area contributed by atoms with Crippen LogP contribution < -0.4 is 5.32 Å². The first-order valence-corrected chi connectivity index (χ1v) is 11.6. The number of carbonyl (C=O) groups is 2. The zero-order chi connectivity index (χ0) is 23.3. The SMILES string of the molecule is CCN(CC)S(=O)(=O)c1ccc(C(=O)O[C@H](C)C(=O)Nc2c(C)cc(C)cc2C)cc1. The number of esters is 1.